The van der Waals surface area contributed by atoms with Gasteiger partial charge >= 0.3 is 0 Å². The highest BCUT2D eigenvalue weighted by Gasteiger charge is 2.42. The second-order valence-electron chi connectivity index (χ2n) is 9.62. The van der Waals surface area contributed by atoms with Gasteiger partial charge in [0.1, 0.15) is 6.04 Å². The molecule has 5 rings (SSSR count). The van der Waals surface area contributed by atoms with E-state index in [1.165, 1.54) is 0 Å². The molecule has 0 bridgehead atoms. The van der Waals surface area contributed by atoms with E-state index in [-0.39, 0.29) is 23.5 Å². The summed E-state index contributed by atoms with van der Waals surface area (Å²) in [5, 5.41) is 2.84. The fourth-order valence-corrected chi connectivity index (χ4v) is 4.95. The first-order valence-electron chi connectivity index (χ1n) is 13.2. The molecule has 7 nitrogen and oxygen atoms in total. The number of amides is 4. The van der Waals surface area contributed by atoms with Gasteiger partial charge in [0.2, 0.25) is 5.91 Å². The fraction of sp³-hybridized carbons (Fsp3) is 0.152. The third kappa shape index (κ3) is 5.40. The summed E-state index contributed by atoms with van der Waals surface area (Å²) in [5.74, 6) is -1.78. The lowest BCUT2D eigenvalue weighted by molar-refractivity contribution is -0.120. The maximum absolute atomic E-state index is 14.0. The van der Waals surface area contributed by atoms with Gasteiger partial charge in [0.05, 0.1) is 22.4 Å². The van der Waals surface area contributed by atoms with Gasteiger partial charge in [-0.05, 0) is 41.8 Å². The molecule has 7 heteroatoms. The molecule has 0 radical (unpaired) electrons. The van der Waals surface area contributed by atoms with Gasteiger partial charge in [-0.3, -0.25) is 24.1 Å². The molecule has 0 spiro atoms. The van der Waals surface area contributed by atoms with Crippen LogP contribution in [-0.2, 0) is 17.9 Å². The fourth-order valence-electron chi connectivity index (χ4n) is 4.95. The van der Waals surface area contributed by atoms with E-state index in [4.69, 9.17) is 0 Å². The number of carbonyl (C=O) groups is 4. The van der Waals surface area contributed by atoms with E-state index in [0.29, 0.717) is 24.3 Å². The highest BCUT2D eigenvalue weighted by Crippen LogP contribution is 2.27. The Hall–Kier alpha value is -5.04. The van der Waals surface area contributed by atoms with Crippen molar-refractivity contribution in [1.29, 1.82) is 0 Å². The Kier molecular flexibility index (Phi) is 7.82. The van der Waals surface area contributed by atoms with Crippen molar-refractivity contribution in [3.8, 4) is 0 Å². The van der Waals surface area contributed by atoms with Crippen molar-refractivity contribution in [1.82, 2.24) is 9.80 Å². The quantitative estimate of drug-likeness (QED) is 0.287. The zero-order valence-corrected chi connectivity index (χ0v) is 22.1. The summed E-state index contributed by atoms with van der Waals surface area (Å²) in [6.07, 6.45) is 0.224. The van der Waals surface area contributed by atoms with Gasteiger partial charge in [-0.1, -0.05) is 91.9 Å². The van der Waals surface area contributed by atoms with E-state index < -0.39 is 23.8 Å². The smallest absolute Gasteiger partial charge is 0.262 e. The molecule has 1 heterocycles. The predicted octanol–water partition coefficient (Wildman–Crippen LogP) is 5.54. The summed E-state index contributed by atoms with van der Waals surface area (Å²) in [4.78, 5) is 56.3. The Labute approximate surface area is 233 Å². The molecule has 1 N–H and O–H groups in total. The first-order chi connectivity index (χ1) is 19.5. The number of benzene rings is 4. The van der Waals surface area contributed by atoms with E-state index in [1.807, 2.05) is 60.7 Å². The minimum atomic E-state index is -1.03. The van der Waals surface area contributed by atoms with Crippen molar-refractivity contribution < 1.29 is 19.2 Å². The summed E-state index contributed by atoms with van der Waals surface area (Å²) in [5.41, 5.74) is 3.16. The molecular formula is C33H29N3O4. The van der Waals surface area contributed by atoms with Crippen molar-refractivity contribution in [2.45, 2.75) is 32.5 Å². The molecule has 0 saturated heterocycles. The Morgan fingerprint density at radius 2 is 1.18 bits per heavy atom. The monoisotopic (exact) mass is 531 g/mol. The zero-order valence-electron chi connectivity index (χ0n) is 22.1. The van der Waals surface area contributed by atoms with Crippen LogP contribution in [0.5, 0.6) is 0 Å². The summed E-state index contributed by atoms with van der Waals surface area (Å²) in [6.45, 7) is 2.50. The van der Waals surface area contributed by atoms with Crippen LogP contribution in [0, 0.1) is 0 Å². The lowest BCUT2D eigenvalue weighted by Crippen LogP contribution is -2.47. The highest BCUT2D eigenvalue weighted by molar-refractivity contribution is 6.23. The summed E-state index contributed by atoms with van der Waals surface area (Å²) in [6, 6.07) is 31.8. The molecular weight excluding hydrogens is 502 g/mol. The largest absolute Gasteiger partial charge is 0.330 e. The first-order valence-corrected chi connectivity index (χ1v) is 13.2. The van der Waals surface area contributed by atoms with Crippen LogP contribution in [0.25, 0.3) is 0 Å². The van der Waals surface area contributed by atoms with Crippen LogP contribution in [0.2, 0.25) is 0 Å². The molecule has 40 heavy (non-hydrogen) atoms. The number of carbonyl (C=O) groups excluding carboxylic acids is 4. The Morgan fingerprint density at radius 3 is 1.70 bits per heavy atom. The van der Waals surface area contributed by atoms with E-state index in [9.17, 15) is 19.2 Å². The van der Waals surface area contributed by atoms with Crippen LogP contribution in [-0.4, -0.2) is 39.5 Å². The maximum Gasteiger partial charge on any atom is 0.262 e. The summed E-state index contributed by atoms with van der Waals surface area (Å²) >= 11 is 0. The molecule has 0 saturated carbocycles. The summed E-state index contributed by atoms with van der Waals surface area (Å²) < 4.78 is 0. The number of fused-ring (bicyclic) bond motifs is 1. The number of anilines is 1. The molecule has 1 aliphatic rings. The predicted molar refractivity (Wildman–Crippen MR) is 153 cm³/mol. The van der Waals surface area contributed by atoms with Gasteiger partial charge < -0.3 is 10.2 Å². The minimum absolute atomic E-state index is 0.224. The molecule has 1 aliphatic heterocycles. The average molecular weight is 532 g/mol. The molecule has 4 aromatic carbocycles. The second kappa shape index (κ2) is 11.8. The number of nitrogens with zero attached hydrogens (tertiary/aromatic N) is 2. The Bertz CT molecular complexity index is 1480. The van der Waals surface area contributed by atoms with Crippen LogP contribution in [0.15, 0.2) is 109 Å². The second-order valence-corrected chi connectivity index (χ2v) is 9.62. The number of rotatable bonds is 9. The number of nitrogens with one attached hydrogen (secondary N) is 1. The van der Waals surface area contributed by atoms with Gasteiger partial charge in [0.25, 0.3) is 17.7 Å². The maximum atomic E-state index is 14.0. The first kappa shape index (κ1) is 26.6. The third-order valence-corrected chi connectivity index (χ3v) is 6.96. The van der Waals surface area contributed by atoms with Crippen LogP contribution < -0.4 is 5.32 Å². The topological polar surface area (TPSA) is 86.8 Å². The van der Waals surface area contributed by atoms with E-state index in [1.54, 1.807) is 60.4 Å². The van der Waals surface area contributed by atoms with E-state index in [2.05, 4.69) is 5.32 Å². The molecule has 200 valence electrons. The van der Waals surface area contributed by atoms with Crippen molar-refractivity contribution in [2.75, 3.05) is 5.32 Å². The van der Waals surface area contributed by atoms with Crippen molar-refractivity contribution >= 4 is 29.3 Å². The van der Waals surface area contributed by atoms with Gasteiger partial charge in [0.15, 0.2) is 0 Å². The third-order valence-electron chi connectivity index (χ3n) is 6.96. The molecule has 0 aliphatic carbocycles. The Morgan fingerprint density at radius 1 is 0.700 bits per heavy atom. The van der Waals surface area contributed by atoms with Crippen LogP contribution in [0.1, 0.15) is 55.5 Å². The van der Waals surface area contributed by atoms with Gasteiger partial charge in [-0.2, -0.15) is 0 Å². The molecule has 0 aromatic heterocycles. The molecule has 0 fully saturated rings. The van der Waals surface area contributed by atoms with E-state index in [0.717, 1.165) is 16.0 Å². The molecule has 4 aromatic rings. The Balaban J connectivity index is 1.41. The SMILES string of the molecule is CCC(C(=O)Nc1ccccc1C(=O)N(Cc1ccccc1)Cc1ccccc1)N1C(=O)c2ccccc2C1=O. The zero-order chi connectivity index (χ0) is 28.1. The summed E-state index contributed by atoms with van der Waals surface area (Å²) in [7, 11) is 0. The number of hydrogen-bond acceptors (Lipinski definition) is 4. The highest BCUT2D eigenvalue weighted by atomic mass is 16.2. The average Bonchev–Trinajstić information content (AvgIpc) is 3.24. The van der Waals surface area contributed by atoms with Crippen LogP contribution >= 0.6 is 0 Å². The number of para-hydroxylation sites is 1. The molecule has 1 unspecified atom stereocenters. The van der Waals surface area contributed by atoms with Gasteiger partial charge in [-0.25, -0.2) is 0 Å². The minimum Gasteiger partial charge on any atom is -0.330 e. The lowest BCUT2D eigenvalue weighted by Gasteiger charge is -2.26. The number of imide groups is 1. The van der Waals surface area contributed by atoms with Crippen molar-refractivity contribution in [2.24, 2.45) is 0 Å². The standard InChI is InChI=1S/C33H29N3O4/c1-2-29(36-32(39)25-17-9-10-18-26(25)33(36)40)30(37)34-28-20-12-11-19-27(28)31(38)35(21-23-13-5-3-6-14-23)22-24-15-7-4-8-16-24/h3-20,29H,2,21-22H2,1H3,(H,34,37). The van der Waals surface area contributed by atoms with Gasteiger partial charge in [0, 0.05) is 13.1 Å². The van der Waals surface area contributed by atoms with Gasteiger partial charge in [-0.15, -0.1) is 0 Å². The van der Waals surface area contributed by atoms with Crippen molar-refractivity contribution in [3.63, 3.8) is 0 Å². The lowest BCUT2D eigenvalue weighted by atomic mass is 10.1. The van der Waals surface area contributed by atoms with Crippen LogP contribution in [0.4, 0.5) is 5.69 Å². The van der Waals surface area contributed by atoms with Crippen molar-refractivity contribution in [3.05, 3.63) is 137 Å². The molecule has 4 amide bonds. The van der Waals surface area contributed by atoms with E-state index >= 15 is 0 Å². The number of hydrogen-bond donors (Lipinski definition) is 1. The molecule has 1 atom stereocenters. The van der Waals surface area contributed by atoms with Crippen LogP contribution in [0.3, 0.4) is 0 Å². The normalized spacial score (nSPS) is 13.1.